The number of phenols is 1. The fourth-order valence-electron chi connectivity index (χ4n) is 4.83. The highest BCUT2D eigenvalue weighted by Crippen LogP contribution is 2.38. The van der Waals surface area contributed by atoms with Crippen LogP contribution in [0.5, 0.6) is 5.75 Å². The highest BCUT2D eigenvalue weighted by atomic mass is 19.2. The Morgan fingerprint density at radius 3 is 2.22 bits per heavy atom. The molecule has 4 rings (SSSR count). The second-order valence-electron chi connectivity index (χ2n) is 9.40. The molecule has 0 bridgehead atoms. The summed E-state index contributed by atoms with van der Waals surface area (Å²) in [5, 5.41) is 19.3. The number of halogens is 4. The number of aliphatic hydroxyl groups excluding tert-OH is 1. The third-order valence-corrected chi connectivity index (χ3v) is 6.95. The quantitative estimate of drug-likeness (QED) is 0.255. The van der Waals surface area contributed by atoms with E-state index in [0.717, 1.165) is 24.1 Å². The molecule has 8 heteroatoms. The Balaban J connectivity index is 1.41. The lowest BCUT2D eigenvalue weighted by Gasteiger charge is -2.29. The molecule has 1 atom stereocenters. The van der Waals surface area contributed by atoms with Crippen molar-refractivity contribution in [3.8, 4) is 16.9 Å². The molecule has 1 unspecified atom stereocenters. The number of hydrogen-bond donors (Lipinski definition) is 2. The van der Waals surface area contributed by atoms with Crippen molar-refractivity contribution in [3.05, 3.63) is 88.5 Å². The molecule has 2 N–H and O–H groups in total. The fraction of sp³-hybridized carbons (Fsp3) is 0.345. The number of aliphatic hydroxyl groups is 1. The van der Waals surface area contributed by atoms with Gasteiger partial charge >= 0.3 is 5.97 Å². The largest absolute Gasteiger partial charge is 0.505 e. The molecule has 0 saturated heterocycles. The number of hydrogen-bond acceptors (Lipinski definition) is 4. The van der Waals surface area contributed by atoms with Crippen molar-refractivity contribution in [1.29, 1.82) is 0 Å². The maximum Gasteiger partial charge on any atom is 0.341 e. The van der Waals surface area contributed by atoms with Gasteiger partial charge in [-0.05, 0) is 66.8 Å². The minimum Gasteiger partial charge on any atom is -0.505 e. The molecule has 1 saturated carbocycles. The van der Waals surface area contributed by atoms with Crippen molar-refractivity contribution in [3.63, 3.8) is 0 Å². The van der Waals surface area contributed by atoms with Gasteiger partial charge in [0.1, 0.15) is 6.10 Å². The standard InChI is InChI=1S/C29H28F4O4/c1-2-3-23(34)18-6-4-16(5-7-18)20-12-13-21(26(31)25(20)30)17-8-10-19(11-9-17)37-29(36)22-14-15-24(35)28(33)27(22)32/h4-7,12-15,17,19,23,34-35H,2-3,8-11H2,1H3. The second-order valence-corrected chi connectivity index (χ2v) is 9.40. The first-order chi connectivity index (χ1) is 17.7. The molecule has 1 aliphatic carbocycles. The summed E-state index contributed by atoms with van der Waals surface area (Å²) < 4.78 is 62.9. The molecule has 3 aromatic rings. The molecule has 0 heterocycles. The average molecular weight is 517 g/mol. The van der Waals surface area contributed by atoms with Gasteiger partial charge in [-0.15, -0.1) is 0 Å². The predicted molar refractivity (Wildman–Crippen MR) is 130 cm³/mol. The first-order valence-corrected chi connectivity index (χ1v) is 12.4. The number of rotatable bonds is 7. The smallest absolute Gasteiger partial charge is 0.341 e. The first-order valence-electron chi connectivity index (χ1n) is 12.4. The van der Waals surface area contributed by atoms with E-state index in [4.69, 9.17) is 4.74 Å². The van der Waals surface area contributed by atoms with Gasteiger partial charge in [0.15, 0.2) is 23.2 Å². The summed E-state index contributed by atoms with van der Waals surface area (Å²) in [6.45, 7) is 1.97. The summed E-state index contributed by atoms with van der Waals surface area (Å²) in [6, 6.07) is 11.7. The molecule has 0 aliphatic heterocycles. The van der Waals surface area contributed by atoms with E-state index in [1.807, 2.05) is 6.92 Å². The predicted octanol–water partition coefficient (Wildman–Crippen LogP) is 7.33. The van der Waals surface area contributed by atoms with Crippen molar-refractivity contribution >= 4 is 5.97 Å². The Morgan fingerprint density at radius 2 is 1.57 bits per heavy atom. The van der Waals surface area contributed by atoms with Crippen LogP contribution in [0.4, 0.5) is 17.6 Å². The van der Waals surface area contributed by atoms with Gasteiger partial charge in [-0.3, -0.25) is 0 Å². The fourth-order valence-corrected chi connectivity index (χ4v) is 4.83. The van der Waals surface area contributed by atoms with Crippen molar-refractivity contribution in [2.75, 3.05) is 0 Å². The lowest BCUT2D eigenvalue weighted by Crippen LogP contribution is -2.25. The number of carbonyl (C=O) groups excluding carboxylic acids is 1. The highest BCUT2D eigenvalue weighted by molar-refractivity contribution is 5.90. The van der Waals surface area contributed by atoms with E-state index in [0.29, 0.717) is 37.7 Å². The molecule has 1 aliphatic rings. The van der Waals surface area contributed by atoms with E-state index in [9.17, 15) is 23.8 Å². The second kappa shape index (κ2) is 11.3. The van der Waals surface area contributed by atoms with Crippen molar-refractivity contribution < 1.29 is 37.3 Å². The lowest BCUT2D eigenvalue weighted by atomic mass is 9.82. The topological polar surface area (TPSA) is 66.8 Å². The third-order valence-electron chi connectivity index (χ3n) is 6.95. The molecule has 4 nitrogen and oxygen atoms in total. The van der Waals surface area contributed by atoms with Crippen molar-refractivity contribution in [1.82, 2.24) is 0 Å². The molecule has 37 heavy (non-hydrogen) atoms. The van der Waals surface area contributed by atoms with E-state index < -0.39 is 52.8 Å². The van der Waals surface area contributed by atoms with Crippen LogP contribution in [0.25, 0.3) is 11.1 Å². The number of esters is 1. The van der Waals surface area contributed by atoms with Gasteiger partial charge in [-0.1, -0.05) is 49.7 Å². The van der Waals surface area contributed by atoms with Gasteiger partial charge in [0.05, 0.1) is 11.7 Å². The van der Waals surface area contributed by atoms with Crippen LogP contribution in [0, 0.1) is 23.3 Å². The molecule has 0 amide bonds. The van der Waals surface area contributed by atoms with Crippen molar-refractivity contribution in [2.45, 2.75) is 63.6 Å². The SMILES string of the molecule is CCCC(O)c1ccc(-c2ccc(C3CCC(OC(=O)c4ccc(O)c(F)c4F)CC3)c(F)c2F)cc1. The van der Waals surface area contributed by atoms with E-state index >= 15 is 8.78 Å². The number of carbonyl (C=O) groups is 1. The summed E-state index contributed by atoms with van der Waals surface area (Å²) in [5.41, 5.74) is 0.980. The number of ether oxygens (including phenoxy) is 1. The Morgan fingerprint density at radius 1 is 0.892 bits per heavy atom. The highest BCUT2D eigenvalue weighted by Gasteiger charge is 2.29. The van der Waals surface area contributed by atoms with Crippen LogP contribution in [0.15, 0.2) is 48.5 Å². The Bertz CT molecular complexity index is 1270. The zero-order valence-corrected chi connectivity index (χ0v) is 20.3. The van der Waals surface area contributed by atoms with Gasteiger partial charge in [0, 0.05) is 5.56 Å². The van der Waals surface area contributed by atoms with Crippen molar-refractivity contribution in [2.24, 2.45) is 0 Å². The summed E-state index contributed by atoms with van der Waals surface area (Å²) in [5.74, 6) is -7.11. The van der Waals surface area contributed by atoms with Gasteiger partial charge in [0.25, 0.3) is 0 Å². The van der Waals surface area contributed by atoms with E-state index in [1.165, 1.54) is 0 Å². The summed E-state index contributed by atoms with van der Waals surface area (Å²) >= 11 is 0. The summed E-state index contributed by atoms with van der Waals surface area (Å²) in [4.78, 5) is 12.3. The van der Waals surface area contributed by atoms with Crippen LogP contribution in [-0.4, -0.2) is 22.3 Å². The average Bonchev–Trinajstić information content (AvgIpc) is 2.90. The van der Waals surface area contributed by atoms with E-state index in [2.05, 4.69) is 0 Å². The van der Waals surface area contributed by atoms with Gasteiger partial charge in [-0.2, -0.15) is 4.39 Å². The molecule has 0 spiro atoms. The summed E-state index contributed by atoms with van der Waals surface area (Å²) in [6.07, 6.45) is 1.81. The maximum atomic E-state index is 15.1. The maximum absolute atomic E-state index is 15.1. The van der Waals surface area contributed by atoms with Crippen LogP contribution < -0.4 is 0 Å². The van der Waals surface area contributed by atoms with Crippen LogP contribution in [0.3, 0.4) is 0 Å². The monoisotopic (exact) mass is 516 g/mol. The van der Waals surface area contributed by atoms with E-state index in [1.54, 1.807) is 36.4 Å². The normalized spacial score (nSPS) is 18.4. The number of aromatic hydroxyl groups is 1. The van der Waals surface area contributed by atoms with Gasteiger partial charge in [-0.25, -0.2) is 18.0 Å². The van der Waals surface area contributed by atoms with Gasteiger partial charge in [0.2, 0.25) is 5.82 Å². The van der Waals surface area contributed by atoms with Crippen LogP contribution in [0.2, 0.25) is 0 Å². The Hall–Kier alpha value is -3.39. The molecule has 1 fully saturated rings. The molecule has 3 aromatic carbocycles. The van der Waals surface area contributed by atoms with Crippen LogP contribution >= 0.6 is 0 Å². The van der Waals surface area contributed by atoms with Crippen LogP contribution in [-0.2, 0) is 4.74 Å². The lowest BCUT2D eigenvalue weighted by molar-refractivity contribution is 0.0188. The third kappa shape index (κ3) is 5.64. The zero-order chi connectivity index (χ0) is 26.7. The molecular weight excluding hydrogens is 488 g/mol. The minimum absolute atomic E-state index is 0.128. The molecule has 0 aromatic heterocycles. The van der Waals surface area contributed by atoms with E-state index in [-0.39, 0.29) is 17.0 Å². The molecular formula is C29H28F4O4. The first kappa shape index (κ1) is 26.7. The number of phenolic OH excluding ortho intramolecular Hbond substituents is 1. The summed E-state index contributed by atoms with van der Waals surface area (Å²) in [7, 11) is 0. The Kier molecular flexibility index (Phi) is 8.17. The minimum atomic E-state index is -1.52. The zero-order valence-electron chi connectivity index (χ0n) is 20.3. The molecule has 0 radical (unpaired) electrons. The van der Waals surface area contributed by atoms with Crippen LogP contribution in [0.1, 0.15) is 79.0 Å². The van der Waals surface area contributed by atoms with Gasteiger partial charge < -0.3 is 14.9 Å². The Labute approximate surface area is 212 Å². The molecule has 196 valence electrons. The number of benzene rings is 3.